The molecule has 0 aliphatic rings. The molecule has 2 rings (SSSR count). The van der Waals surface area contributed by atoms with Crippen LogP contribution in [0, 0.1) is 0 Å². The molecule has 0 aliphatic heterocycles. The third-order valence-electron chi connectivity index (χ3n) is 3.42. The monoisotopic (exact) mass is 341 g/mol. The number of nitrogens with zero attached hydrogens (tertiary/aromatic N) is 1. The molecule has 8 heteroatoms. The Bertz CT molecular complexity index is 705. The predicted octanol–water partition coefficient (Wildman–Crippen LogP) is 3.11. The maximum absolute atomic E-state index is 12.0. The Balaban J connectivity index is 1.83. The van der Waals surface area contributed by atoms with Gasteiger partial charge in [0, 0.05) is 30.4 Å². The summed E-state index contributed by atoms with van der Waals surface area (Å²) in [7, 11) is 1.58. The predicted molar refractivity (Wildman–Crippen MR) is 85.1 cm³/mol. The molecular formula is C16H18F3N3O2. The molecule has 0 atom stereocenters. The number of rotatable bonds is 7. The highest BCUT2D eigenvalue weighted by molar-refractivity contribution is 5.94. The first-order chi connectivity index (χ1) is 11.4. The average Bonchev–Trinajstić information content (AvgIpc) is 2.56. The van der Waals surface area contributed by atoms with Gasteiger partial charge >= 0.3 is 12.1 Å². The zero-order chi connectivity index (χ0) is 17.6. The lowest BCUT2D eigenvalue weighted by molar-refractivity contribution is -0.173. The summed E-state index contributed by atoms with van der Waals surface area (Å²) in [5.41, 5.74) is 1.61. The molecule has 5 nitrogen and oxygen atoms in total. The van der Waals surface area contributed by atoms with Crippen LogP contribution in [-0.4, -0.2) is 37.3 Å². The van der Waals surface area contributed by atoms with E-state index in [1.54, 1.807) is 13.3 Å². The first-order valence-corrected chi connectivity index (χ1v) is 7.44. The molecule has 0 fully saturated rings. The van der Waals surface area contributed by atoms with E-state index in [0.717, 1.165) is 16.6 Å². The maximum Gasteiger partial charge on any atom is 0.471 e. The standard InChI is InChI=1S/C16H18F3N3O2/c1-24-13-6-4-5-11-12(7-10-21-14(11)13)20-8-2-3-9-22-15(23)16(17,18)19/h4-7,10H,2-3,8-9H2,1H3,(H,20,21)(H,22,23). The fourth-order valence-electron chi connectivity index (χ4n) is 2.24. The third-order valence-corrected chi connectivity index (χ3v) is 3.42. The normalized spacial score (nSPS) is 11.3. The summed E-state index contributed by atoms with van der Waals surface area (Å²) in [6, 6.07) is 7.42. The van der Waals surface area contributed by atoms with Crippen molar-refractivity contribution >= 4 is 22.5 Å². The van der Waals surface area contributed by atoms with Crippen molar-refractivity contribution in [2.75, 3.05) is 25.5 Å². The van der Waals surface area contributed by atoms with E-state index < -0.39 is 12.1 Å². The number of anilines is 1. The van der Waals surface area contributed by atoms with Crippen molar-refractivity contribution in [3.05, 3.63) is 30.5 Å². The van der Waals surface area contributed by atoms with E-state index in [0.29, 0.717) is 25.1 Å². The zero-order valence-corrected chi connectivity index (χ0v) is 13.1. The number of hydrogen-bond acceptors (Lipinski definition) is 4. The maximum atomic E-state index is 12.0. The summed E-state index contributed by atoms with van der Waals surface area (Å²) in [6.45, 7) is 0.559. The van der Waals surface area contributed by atoms with Crippen molar-refractivity contribution in [3.8, 4) is 5.75 Å². The van der Waals surface area contributed by atoms with E-state index in [1.807, 2.05) is 29.6 Å². The van der Waals surface area contributed by atoms with Gasteiger partial charge in [0.25, 0.3) is 0 Å². The van der Waals surface area contributed by atoms with Gasteiger partial charge in [-0.15, -0.1) is 0 Å². The molecule has 0 bridgehead atoms. The van der Waals surface area contributed by atoms with Crippen LogP contribution in [0.5, 0.6) is 5.75 Å². The number of para-hydroxylation sites is 1. The van der Waals surface area contributed by atoms with Crippen LogP contribution in [0.4, 0.5) is 18.9 Å². The van der Waals surface area contributed by atoms with Gasteiger partial charge in [0.1, 0.15) is 11.3 Å². The largest absolute Gasteiger partial charge is 0.494 e. The lowest BCUT2D eigenvalue weighted by Gasteiger charge is -2.11. The summed E-state index contributed by atoms with van der Waals surface area (Å²) < 4.78 is 41.3. The van der Waals surface area contributed by atoms with E-state index in [4.69, 9.17) is 4.74 Å². The number of halogens is 3. The van der Waals surface area contributed by atoms with Gasteiger partial charge in [0.15, 0.2) is 0 Å². The number of ether oxygens (including phenoxy) is 1. The lowest BCUT2D eigenvalue weighted by Crippen LogP contribution is -2.37. The molecule has 0 saturated heterocycles. The first kappa shape index (κ1) is 17.8. The molecule has 0 aliphatic carbocycles. The summed E-state index contributed by atoms with van der Waals surface area (Å²) in [6.07, 6.45) is -2.10. The van der Waals surface area contributed by atoms with Crippen molar-refractivity contribution in [1.29, 1.82) is 0 Å². The van der Waals surface area contributed by atoms with Gasteiger partial charge in [-0.2, -0.15) is 13.2 Å². The number of alkyl halides is 3. The van der Waals surface area contributed by atoms with Crippen molar-refractivity contribution in [3.63, 3.8) is 0 Å². The third kappa shape index (κ3) is 4.50. The number of carbonyl (C=O) groups is 1. The van der Waals surface area contributed by atoms with Crippen LogP contribution >= 0.6 is 0 Å². The van der Waals surface area contributed by atoms with E-state index in [-0.39, 0.29) is 6.54 Å². The fraction of sp³-hybridized carbons (Fsp3) is 0.375. The van der Waals surface area contributed by atoms with Crippen molar-refractivity contribution in [1.82, 2.24) is 10.3 Å². The van der Waals surface area contributed by atoms with Gasteiger partial charge in [0.2, 0.25) is 0 Å². The van der Waals surface area contributed by atoms with Crippen LogP contribution in [0.3, 0.4) is 0 Å². The molecule has 130 valence electrons. The summed E-state index contributed by atoms with van der Waals surface area (Å²) in [5, 5.41) is 5.98. The first-order valence-electron chi connectivity index (χ1n) is 7.44. The number of aromatic nitrogens is 1. The summed E-state index contributed by atoms with van der Waals surface area (Å²) in [4.78, 5) is 14.9. The SMILES string of the molecule is COc1cccc2c(NCCCCNC(=O)C(F)(F)F)ccnc12. The Hall–Kier alpha value is -2.51. The average molecular weight is 341 g/mol. The number of benzene rings is 1. The number of hydrogen-bond donors (Lipinski definition) is 2. The van der Waals surface area contributed by atoms with Gasteiger partial charge in [0.05, 0.1) is 7.11 Å². The molecule has 2 aromatic rings. The Labute approximate surface area is 137 Å². The lowest BCUT2D eigenvalue weighted by atomic mass is 10.1. The van der Waals surface area contributed by atoms with Crippen LogP contribution in [0.25, 0.3) is 10.9 Å². The zero-order valence-electron chi connectivity index (χ0n) is 13.1. The van der Waals surface area contributed by atoms with Crippen LogP contribution in [0.2, 0.25) is 0 Å². The highest BCUT2D eigenvalue weighted by Crippen LogP contribution is 2.28. The minimum atomic E-state index is -4.83. The van der Waals surface area contributed by atoms with Crippen molar-refractivity contribution in [2.24, 2.45) is 0 Å². The minimum Gasteiger partial charge on any atom is -0.494 e. The van der Waals surface area contributed by atoms with E-state index in [1.165, 1.54) is 0 Å². The minimum absolute atomic E-state index is 0.00899. The molecule has 1 heterocycles. The second kappa shape index (κ2) is 7.85. The highest BCUT2D eigenvalue weighted by atomic mass is 19.4. The summed E-state index contributed by atoms with van der Waals surface area (Å²) >= 11 is 0. The van der Waals surface area contributed by atoms with Gasteiger partial charge in [-0.25, -0.2) is 0 Å². The number of pyridine rings is 1. The topological polar surface area (TPSA) is 63.2 Å². The Kier molecular flexibility index (Phi) is 5.83. The second-order valence-electron chi connectivity index (χ2n) is 5.10. The molecule has 24 heavy (non-hydrogen) atoms. The van der Waals surface area contributed by atoms with Crippen LogP contribution < -0.4 is 15.4 Å². The van der Waals surface area contributed by atoms with Gasteiger partial charge < -0.3 is 15.4 Å². The van der Waals surface area contributed by atoms with Crippen molar-refractivity contribution in [2.45, 2.75) is 19.0 Å². The molecule has 0 saturated carbocycles. The van der Waals surface area contributed by atoms with E-state index in [2.05, 4.69) is 10.3 Å². The molecule has 1 aromatic heterocycles. The van der Waals surface area contributed by atoms with Crippen molar-refractivity contribution < 1.29 is 22.7 Å². The Morgan fingerprint density at radius 2 is 1.96 bits per heavy atom. The molecule has 0 radical (unpaired) electrons. The number of nitrogens with one attached hydrogen (secondary N) is 2. The second-order valence-corrected chi connectivity index (χ2v) is 5.10. The molecule has 1 amide bonds. The quantitative estimate of drug-likeness (QED) is 0.760. The number of methoxy groups -OCH3 is 1. The fourth-order valence-corrected chi connectivity index (χ4v) is 2.24. The van der Waals surface area contributed by atoms with E-state index in [9.17, 15) is 18.0 Å². The summed E-state index contributed by atoms with van der Waals surface area (Å²) in [5.74, 6) is -1.23. The van der Waals surface area contributed by atoms with Crippen LogP contribution in [-0.2, 0) is 4.79 Å². The van der Waals surface area contributed by atoms with Gasteiger partial charge in [-0.05, 0) is 25.0 Å². The Morgan fingerprint density at radius 1 is 1.21 bits per heavy atom. The molecule has 1 aromatic carbocycles. The van der Waals surface area contributed by atoms with E-state index >= 15 is 0 Å². The number of unbranched alkanes of at least 4 members (excludes halogenated alkanes) is 1. The number of fused-ring (bicyclic) bond motifs is 1. The molecule has 2 N–H and O–H groups in total. The smallest absolute Gasteiger partial charge is 0.471 e. The van der Waals surface area contributed by atoms with Gasteiger partial charge in [-0.1, -0.05) is 12.1 Å². The number of carbonyl (C=O) groups excluding carboxylic acids is 1. The van der Waals surface area contributed by atoms with Crippen LogP contribution in [0.15, 0.2) is 30.5 Å². The molecule has 0 unspecified atom stereocenters. The Morgan fingerprint density at radius 3 is 2.67 bits per heavy atom. The number of amides is 1. The van der Waals surface area contributed by atoms with Crippen LogP contribution in [0.1, 0.15) is 12.8 Å². The molecular weight excluding hydrogens is 323 g/mol. The van der Waals surface area contributed by atoms with Gasteiger partial charge in [-0.3, -0.25) is 9.78 Å². The molecule has 0 spiro atoms. The highest BCUT2D eigenvalue weighted by Gasteiger charge is 2.38.